The smallest absolute Gasteiger partial charge is 0.331 e. The molecule has 0 aliphatic carbocycles. The Morgan fingerprint density at radius 2 is 1.85 bits per heavy atom. The molecule has 0 atom stereocenters. The molecule has 0 aliphatic heterocycles. The maximum Gasteiger partial charge on any atom is 0.331 e. The first kappa shape index (κ1) is 19.6. The van der Waals surface area contributed by atoms with Gasteiger partial charge in [0.2, 0.25) is 10.0 Å². The van der Waals surface area contributed by atoms with E-state index in [0.717, 1.165) is 5.56 Å². The molecule has 26 heavy (non-hydrogen) atoms. The van der Waals surface area contributed by atoms with Crippen LogP contribution in [0.5, 0.6) is 0 Å². The van der Waals surface area contributed by atoms with Gasteiger partial charge in [0.1, 0.15) is 0 Å². The maximum atomic E-state index is 11.8. The van der Waals surface area contributed by atoms with Crippen molar-refractivity contribution in [1.29, 1.82) is 0 Å². The van der Waals surface area contributed by atoms with Gasteiger partial charge in [-0.05, 0) is 42.0 Å². The molecule has 0 aromatic heterocycles. The lowest BCUT2D eigenvalue weighted by Crippen LogP contribution is -2.20. The van der Waals surface area contributed by atoms with Crippen molar-refractivity contribution >= 4 is 45.3 Å². The number of carbonyl (C=O) groups excluding carboxylic acids is 2. The van der Waals surface area contributed by atoms with Gasteiger partial charge in [-0.2, -0.15) is 0 Å². The third kappa shape index (κ3) is 6.32. The van der Waals surface area contributed by atoms with Crippen molar-refractivity contribution in [2.75, 3.05) is 11.9 Å². The normalized spacial score (nSPS) is 11.3. The number of benzene rings is 2. The van der Waals surface area contributed by atoms with Crippen molar-refractivity contribution in [3.05, 3.63) is 65.2 Å². The average Bonchev–Trinajstić information content (AvgIpc) is 2.59. The third-order valence-electron chi connectivity index (χ3n) is 3.07. The third-order valence-corrected chi connectivity index (χ3v) is 4.24. The van der Waals surface area contributed by atoms with Gasteiger partial charge >= 0.3 is 5.97 Å². The van der Waals surface area contributed by atoms with Gasteiger partial charge in [-0.3, -0.25) is 4.79 Å². The molecule has 9 heteroatoms. The van der Waals surface area contributed by atoms with E-state index >= 15 is 0 Å². The van der Waals surface area contributed by atoms with E-state index in [1.165, 1.54) is 36.4 Å². The second kappa shape index (κ2) is 8.61. The number of carbonyl (C=O) groups is 2. The van der Waals surface area contributed by atoms with Crippen molar-refractivity contribution in [1.82, 2.24) is 0 Å². The van der Waals surface area contributed by atoms with Gasteiger partial charge in [-0.15, -0.1) is 0 Å². The molecule has 0 bridgehead atoms. The molecule has 0 saturated heterocycles. The van der Waals surface area contributed by atoms with E-state index in [1.54, 1.807) is 24.3 Å². The Labute approximate surface area is 155 Å². The van der Waals surface area contributed by atoms with Gasteiger partial charge in [-0.25, -0.2) is 18.4 Å². The summed E-state index contributed by atoms with van der Waals surface area (Å²) < 4.78 is 27.4. The van der Waals surface area contributed by atoms with Crippen molar-refractivity contribution in [2.24, 2.45) is 5.14 Å². The van der Waals surface area contributed by atoms with E-state index in [0.29, 0.717) is 5.02 Å². The zero-order valence-corrected chi connectivity index (χ0v) is 15.0. The van der Waals surface area contributed by atoms with E-state index in [9.17, 15) is 18.0 Å². The van der Waals surface area contributed by atoms with Crippen LogP contribution in [0, 0.1) is 0 Å². The van der Waals surface area contributed by atoms with Crippen LogP contribution in [-0.4, -0.2) is 26.9 Å². The summed E-state index contributed by atoms with van der Waals surface area (Å²) in [5, 5.41) is 8.01. The fourth-order valence-corrected chi connectivity index (χ4v) is 2.56. The van der Waals surface area contributed by atoms with Crippen LogP contribution >= 0.6 is 11.6 Å². The fourth-order valence-electron chi connectivity index (χ4n) is 1.87. The lowest BCUT2D eigenvalue weighted by Gasteiger charge is -2.06. The number of primary sulfonamides is 1. The predicted molar refractivity (Wildman–Crippen MR) is 97.9 cm³/mol. The van der Waals surface area contributed by atoms with Crippen LogP contribution in [0.3, 0.4) is 0 Å². The summed E-state index contributed by atoms with van der Waals surface area (Å²) in [6.45, 7) is -0.524. The van der Waals surface area contributed by atoms with Crippen LogP contribution < -0.4 is 10.5 Å². The van der Waals surface area contributed by atoms with E-state index in [4.69, 9.17) is 21.5 Å². The van der Waals surface area contributed by atoms with Crippen LogP contribution in [0.4, 0.5) is 5.69 Å². The number of amides is 1. The minimum Gasteiger partial charge on any atom is -0.452 e. The average molecular weight is 395 g/mol. The zero-order chi connectivity index (χ0) is 19.2. The second-order valence-corrected chi connectivity index (χ2v) is 7.11. The Morgan fingerprint density at radius 3 is 2.50 bits per heavy atom. The first-order valence-electron chi connectivity index (χ1n) is 7.27. The first-order valence-corrected chi connectivity index (χ1v) is 9.19. The fraction of sp³-hybridized carbons (Fsp3) is 0.0588. The molecule has 3 N–H and O–H groups in total. The number of ether oxygens (including phenoxy) is 1. The Hall–Kier alpha value is -2.68. The number of sulfonamides is 1. The summed E-state index contributed by atoms with van der Waals surface area (Å²) in [4.78, 5) is 23.3. The van der Waals surface area contributed by atoms with Gasteiger partial charge < -0.3 is 10.1 Å². The van der Waals surface area contributed by atoms with Crippen LogP contribution in [0.25, 0.3) is 6.08 Å². The number of nitrogens with one attached hydrogen (secondary N) is 1. The van der Waals surface area contributed by atoms with Crippen molar-refractivity contribution in [2.45, 2.75) is 4.90 Å². The van der Waals surface area contributed by atoms with E-state index in [-0.39, 0.29) is 10.6 Å². The predicted octanol–water partition coefficient (Wildman–Crippen LogP) is 2.18. The molecule has 0 fully saturated rings. The molecule has 1 amide bonds. The van der Waals surface area contributed by atoms with Crippen LogP contribution in [0.15, 0.2) is 59.5 Å². The number of rotatable bonds is 6. The highest BCUT2D eigenvalue weighted by Gasteiger charge is 2.10. The minimum absolute atomic E-state index is 0.141. The summed E-state index contributed by atoms with van der Waals surface area (Å²) >= 11 is 5.76. The van der Waals surface area contributed by atoms with Crippen LogP contribution in [-0.2, 0) is 24.3 Å². The summed E-state index contributed by atoms with van der Waals surface area (Å²) in [6.07, 6.45) is 2.70. The molecule has 2 rings (SSSR count). The number of halogens is 1. The van der Waals surface area contributed by atoms with Crippen molar-refractivity contribution in [3.63, 3.8) is 0 Å². The molecule has 2 aromatic rings. The number of nitrogens with two attached hydrogens (primary N) is 1. The monoisotopic (exact) mass is 394 g/mol. The topological polar surface area (TPSA) is 116 Å². The summed E-state index contributed by atoms with van der Waals surface area (Å²) in [6, 6.07) is 12.2. The second-order valence-electron chi connectivity index (χ2n) is 5.11. The largest absolute Gasteiger partial charge is 0.452 e. The Balaban J connectivity index is 1.86. The molecular weight excluding hydrogens is 380 g/mol. The first-order chi connectivity index (χ1) is 12.2. The summed E-state index contributed by atoms with van der Waals surface area (Å²) in [5.41, 5.74) is 0.963. The molecule has 0 aliphatic rings. The Bertz CT molecular complexity index is 940. The highest BCUT2D eigenvalue weighted by atomic mass is 35.5. The van der Waals surface area contributed by atoms with Gasteiger partial charge in [-0.1, -0.05) is 29.8 Å². The summed E-state index contributed by atoms with van der Waals surface area (Å²) in [7, 11) is -3.88. The van der Waals surface area contributed by atoms with E-state index < -0.39 is 28.5 Å². The lowest BCUT2D eigenvalue weighted by atomic mass is 10.2. The van der Waals surface area contributed by atoms with Crippen LogP contribution in [0.2, 0.25) is 5.02 Å². The Kier molecular flexibility index (Phi) is 6.51. The molecule has 0 unspecified atom stereocenters. The van der Waals surface area contributed by atoms with Gasteiger partial charge in [0.15, 0.2) is 6.61 Å². The number of esters is 1. The van der Waals surface area contributed by atoms with Crippen LogP contribution in [0.1, 0.15) is 5.56 Å². The van der Waals surface area contributed by atoms with Gasteiger partial charge in [0.05, 0.1) is 4.90 Å². The van der Waals surface area contributed by atoms with Crippen molar-refractivity contribution in [3.8, 4) is 0 Å². The quantitative estimate of drug-likeness (QED) is 0.575. The standard InChI is InChI=1S/C17H15ClN2O5S/c18-13-7-4-12(5-8-13)6-9-17(22)25-11-16(21)20-14-2-1-3-15(10-14)26(19,23)24/h1-10H,11H2,(H,20,21)(H2,19,23,24). The van der Waals surface area contributed by atoms with E-state index in [2.05, 4.69) is 5.32 Å². The van der Waals surface area contributed by atoms with Gasteiger partial charge in [0, 0.05) is 16.8 Å². The highest BCUT2D eigenvalue weighted by Crippen LogP contribution is 2.14. The number of hydrogen-bond donors (Lipinski definition) is 2. The van der Waals surface area contributed by atoms with E-state index in [1.807, 2.05) is 0 Å². The SMILES string of the molecule is NS(=O)(=O)c1cccc(NC(=O)COC(=O)C=Cc2ccc(Cl)cc2)c1. The molecule has 7 nitrogen and oxygen atoms in total. The highest BCUT2D eigenvalue weighted by molar-refractivity contribution is 7.89. The molecule has 0 saturated carbocycles. The minimum atomic E-state index is -3.88. The molecule has 0 spiro atoms. The molecular formula is C17H15ClN2O5S. The van der Waals surface area contributed by atoms with Gasteiger partial charge in [0.25, 0.3) is 5.91 Å². The van der Waals surface area contributed by atoms with Crippen molar-refractivity contribution < 1.29 is 22.7 Å². The lowest BCUT2D eigenvalue weighted by molar-refractivity contribution is -0.142. The zero-order valence-electron chi connectivity index (χ0n) is 13.4. The summed E-state index contributed by atoms with van der Waals surface area (Å²) in [5.74, 6) is -1.32. The number of anilines is 1. The maximum absolute atomic E-state index is 11.8. The number of hydrogen-bond acceptors (Lipinski definition) is 5. The molecule has 2 aromatic carbocycles. The molecule has 136 valence electrons. The molecule has 0 radical (unpaired) electrons. The Morgan fingerprint density at radius 1 is 1.15 bits per heavy atom. The molecule has 0 heterocycles.